The first kappa shape index (κ1) is 40.3. The van der Waals surface area contributed by atoms with E-state index in [0.29, 0.717) is 17.8 Å². The van der Waals surface area contributed by atoms with E-state index in [4.69, 9.17) is 19.8 Å². The smallest absolute Gasteiger partial charge is 0.475 e. The summed E-state index contributed by atoms with van der Waals surface area (Å²) in [4.78, 5) is 47.7. The number of hydrogen-bond acceptors (Lipinski definition) is 6. The van der Waals surface area contributed by atoms with Gasteiger partial charge in [0.2, 0.25) is 5.91 Å². The largest absolute Gasteiger partial charge is 0.490 e. The minimum atomic E-state index is -5.08. The summed E-state index contributed by atoms with van der Waals surface area (Å²) in [6, 6.07) is 19.3. The number of amides is 2. The molecule has 0 aromatic heterocycles. The molecule has 3 aromatic carbocycles. The number of carbonyl (C=O) groups is 4. The molecule has 0 saturated carbocycles. The van der Waals surface area contributed by atoms with Crippen molar-refractivity contribution in [3.8, 4) is 0 Å². The first-order valence-corrected chi connectivity index (χ1v) is 13.7. The minimum Gasteiger partial charge on any atom is -0.475 e. The zero-order valence-corrected chi connectivity index (χ0v) is 26.3. The van der Waals surface area contributed by atoms with Crippen LogP contribution < -0.4 is 10.6 Å². The standard InChI is InChI=1S/C27H34N4O2.2C2HF3O2/c1-18-14-15-21(29-27(33)25(31(5)6)17-30(3)4)16-24(18)26(32)28-19(2)22-13-9-11-20-10-7-8-12-23(20)22;2*3-2(4,5)1(6)7/h7-16,19,25H,17H2,1-6H3,(H,28,32)(H,29,33);2*(H,6,7)/t19-,25+;;/m1../s1. The maximum absolute atomic E-state index is 13.2. The van der Waals surface area contributed by atoms with Crippen molar-refractivity contribution in [2.24, 2.45) is 0 Å². The van der Waals surface area contributed by atoms with Crippen molar-refractivity contribution in [3.63, 3.8) is 0 Å². The normalized spacial score (nSPS) is 12.6. The first-order valence-electron chi connectivity index (χ1n) is 13.7. The number of nitrogens with zero attached hydrogens (tertiary/aromatic N) is 2. The van der Waals surface area contributed by atoms with Crippen molar-refractivity contribution < 1.29 is 55.7 Å². The van der Waals surface area contributed by atoms with Crippen molar-refractivity contribution in [1.82, 2.24) is 15.1 Å². The number of fused-ring (bicyclic) bond motifs is 1. The number of anilines is 1. The second-order valence-corrected chi connectivity index (χ2v) is 10.6. The predicted octanol–water partition coefficient (Wildman–Crippen LogP) is 5.34. The molecule has 0 bridgehead atoms. The number of carbonyl (C=O) groups excluding carboxylic acids is 2. The highest BCUT2D eigenvalue weighted by molar-refractivity contribution is 6.00. The topological polar surface area (TPSA) is 139 Å². The molecule has 16 heteroatoms. The Balaban J connectivity index is 0.000000658. The van der Waals surface area contributed by atoms with Crippen molar-refractivity contribution >= 4 is 40.2 Å². The Labute approximate surface area is 267 Å². The van der Waals surface area contributed by atoms with E-state index < -0.39 is 24.3 Å². The monoisotopic (exact) mass is 674 g/mol. The van der Waals surface area contributed by atoms with Crippen LogP contribution in [-0.2, 0) is 14.4 Å². The summed E-state index contributed by atoms with van der Waals surface area (Å²) in [5.41, 5.74) is 3.09. The number of aliphatic carboxylic acids is 2. The number of alkyl halides is 6. The molecule has 0 radical (unpaired) electrons. The van der Waals surface area contributed by atoms with E-state index in [-0.39, 0.29) is 23.9 Å². The third-order valence-electron chi connectivity index (χ3n) is 6.34. The van der Waals surface area contributed by atoms with Gasteiger partial charge in [0.05, 0.1) is 6.04 Å². The molecule has 4 N–H and O–H groups in total. The molecule has 2 amide bonds. The Hall–Kier alpha value is -4.70. The van der Waals surface area contributed by atoms with Crippen LogP contribution in [0.2, 0.25) is 0 Å². The Morgan fingerprint density at radius 3 is 1.81 bits per heavy atom. The third kappa shape index (κ3) is 13.3. The highest BCUT2D eigenvalue weighted by Crippen LogP contribution is 2.25. The molecule has 2 atom stereocenters. The molecule has 10 nitrogen and oxygen atoms in total. The van der Waals surface area contributed by atoms with E-state index in [2.05, 4.69) is 28.8 Å². The Kier molecular flexibility index (Phi) is 14.8. The third-order valence-corrected chi connectivity index (χ3v) is 6.34. The lowest BCUT2D eigenvalue weighted by Crippen LogP contribution is -2.46. The molecule has 258 valence electrons. The van der Waals surface area contributed by atoms with Gasteiger partial charge in [-0.3, -0.25) is 14.5 Å². The van der Waals surface area contributed by atoms with E-state index in [1.54, 1.807) is 6.07 Å². The zero-order chi connectivity index (χ0) is 36.3. The SMILES string of the molecule is Cc1ccc(NC(=O)[C@H](CN(C)C)N(C)C)cc1C(=O)N[C@H](C)c1cccc2ccccc12.O=C(O)C(F)(F)F.O=C(O)C(F)(F)F. The summed E-state index contributed by atoms with van der Waals surface area (Å²) in [7, 11) is 7.65. The fourth-order valence-electron chi connectivity index (χ4n) is 3.98. The van der Waals surface area contributed by atoms with Crippen LogP contribution in [0.4, 0.5) is 32.0 Å². The Bertz CT molecular complexity index is 1510. The molecule has 3 aromatic rings. The van der Waals surface area contributed by atoms with Crippen molar-refractivity contribution in [1.29, 1.82) is 0 Å². The highest BCUT2D eigenvalue weighted by atomic mass is 19.4. The van der Waals surface area contributed by atoms with Gasteiger partial charge in [-0.2, -0.15) is 26.3 Å². The fraction of sp³-hybridized carbons (Fsp3) is 0.355. The summed E-state index contributed by atoms with van der Waals surface area (Å²) in [6.07, 6.45) is -10.2. The number of likely N-dealkylation sites (N-methyl/N-ethyl adjacent to an activating group) is 2. The van der Waals surface area contributed by atoms with Crippen LogP contribution in [-0.4, -0.2) is 96.9 Å². The molecule has 0 unspecified atom stereocenters. The first-order chi connectivity index (χ1) is 21.6. The number of carboxylic acids is 2. The number of rotatable bonds is 8. The van der Waals surface area contributed by atoms with Crippen molar-refractivity contribution in [2.75, 3.05) is 40.1 Å². The fourth-order valence-corrected chi connectivity index (χ4v) is 3.98. The van der Waals surface area contributed by atoms with Gasteiger partial charge in [0.25, 0.3) is 5.91 Å². The molecule has 0 aliphatic carbocycles. The molecule has 0 aliphatic rings. The van der Waals surface area contributed by atoms with Crippen LogP contribution in [0.5, 0.6) is 0 Å². The molecule has 47 heavy (non-hydrogen) atoms. The summed E-state index contributed by atoms with van der Waals surface area (Å²) < 4.78 is 63.5. The van der Waals surface area contributed by atoms with Crippen LogP contribution in [0.1, 0.15) is 34.5 Å². The van der Waals surface area contributed by atoms with Gasteiger partial charge >= 0.3 is 24.3 Å². The lowest BCUT2D eigenvalue weighted by molar-refractivity contribution is -0.193. The van der Waals surface area contributed by atoms with Crippen LogP contribution in [0.15, 0.2) is 60.7 Å². The second-order valence-electron chi connectivity index (χ2n) is 10.6. The van der Waals surface area contributed by atoms with E-state index in [1.165, 1.54) is 0 Å². The predicted molar refractivity (Wildman–Crippen MR) is 163 cm³/mol. The number of hydrogen-bond donors (Lipinski definition) is 4. The van der Waals surface area contributed by atoms with Crippen LogP contribution in [0.3, 0.4) is 0 Å². The molecular weight excluding hydrogens is 638 g/mol. The average Bonchev–Trinajstić information content (AvgIpc) is 2.95. The van der Waals surface area contributed by atoms with Crippen molar-refractivity contribution in [2.45, 2.75) is 38.3 Å². The van der Waals surface area contributed by atoms with Crippen LogP contribution >= 0.6 is 0 Å². The molecule has 0 spiro atoms. The maximum atomic E-state index is 13.2. The quantitative estimate of drug-likeness (QED) is 0.235. The van der Waals surface area contributed by atoms with Gasteiger partial charge in [-0.05, 0) is 76.1 Å². The Morgan fingerprint density at radius 2 is 1.32 bits per heavy atom. The average molecular weight is 675 g/mol. The summed E-state index contributed by atoms with van der Waals surface area (Å²) >= 11 is 0. The lowest BCUT2D eigenvalue weighted by atomic mass is 9.99. The molecule has 0 saturated heterocycles. The molecule has 3 rings (SSSR count). The van der Waals surface area contributed by atoms with E-state index >= 15 is 0 Å². The van der Waals surface area contributed by atoms with E-state index in [9.17, 15) is 35.9 Å². The zero-order valence-electron chi connectivity index (χ0n) is 26.3. The summed E-state index contributed by atoms with van der Waals surface area (Å²) in [5, 5.41) is 22.6. The van der Waals surface area contributed by atoms with Gasteiger partial charge in [-0.15, -0.1) is 0 Å². The van der Waals surface area contributed by atoms with Gasteiger partial charge in [-0.25, -0.2) is 9.59 Å². The number of nitrogens with one attached hydrogen (secondary N) is 2. The lowest BCUT2D eigenvalue weighted by Gasteiger charge is -2.26. The molecule has 0 aliphatic heterocycles. The summed E-state index contributed by atoms with van der Waals surface area (Å²) in [5.74, 6) is -5.78. The second kappa shape index (κ2) is 17.3. The Morgan fingerprint density at radius 1 is 0.809 bits per heavy atom. The highest BCUT2D eigenvalue weighted by Gasteiger charge is 2.38. The van der Waals surface area contributed by atoms with Gasteiger partial charge in [0, 0.05) is 17.8 Å². The number of halogens is 6. The van der Waals surface area contributed by atoms with Gasteiger partial charge < -0.3 is 25.7 Å². The van der Waals surface area contributed by atoms with Crippen LogP contribution in [0, 0.1) is 6.92 Å². The van der Waals surface area contributed by atoms with E-state index in [0.717, 1.165) is 21.9 Å². The summed E-state index contributed by atoms with van der Waals surface area (Å²) in [6.45, 7) is 4.49. The van der Waals surface area contributed by atoms with E-state index in [1.807, 2.05) is 88.2 Å². The maximum Gasteiger partial charge on any atom is 0.490 e. The number of aryl methyl sites for hydroxylation is 1. The van der Waals surface area contributed by atoms with Gasteiger partial charge in [-0.1, -0.05) is 48.5 Å². The molecular formula is C31H36F6N4O6. The molecule has 0 fully saturated rings. The van der Waals surface area contributed by atoms with Gasteiger partial charge in [0.1, 0.15) is 6.04 Å². The van der Waals surface area contributed by atoms with Gasteiger partial charge in [0.15, 0.2) is 0 Å². The molecule has 0 heterocycles. The van der Waals surface area contributed by atoms with Crippen LogP contribution in [0.25, 0.3) is 10.8 Å². The number of carboxylic acid groups (broad SMARTS) is 2. The number of benzene rings is 3. The minimum absolute atomic E-state index is 0.104. The van der Waals surface area contributed by atoms with Crippen molar-refractivity contribution in [3.05, 3.63) is 77.4 Å².